The Morgan fingerprint density at radius 3 is 2.92 bits per heavy atom. The maximum atomic E-state index is 13.1. The van der Waals surface area contributed by atoms with E-state index in [1.165, 1.54) is 0 Å². The molecule has 1 aromatic rings. The summed E-state index contributed by atoms with van der Waals surface area (Å²) in [5.74, 6) is 0.682. The van der Waals surface area contributed by atoms with Crippen molar-refractivity contribution in [1.29, 1.82) is 0 Å². The molecule has 1 N–H and O–H groups in total. The minimum atomic E-state index is -0.284. The SMILES string of the molecule is COc1cccc(C(=O)N2CC[C@]3(OC)CC[C@H](OCCO)C[C@H]23)c1. The Kier molecular flexibility index (Phi) is 5.61. The van der Waals surface area contributed by atoms with Gasteiger partial charge in [0, 0.05) is 19.2 Å². The number of rotatable bonds is 6. The molecular weight excluding hydrogens is 322 g/mol. The topological polar surface area (TPSA) is 68.2 Å². The van der Waals surface area contributed by atoms with E-state index in [1.54, 1.807) is 20.3 Å². The van der Waals surface area contributed by atoms with Gasteiger partial charge >= 0.3 is 0 Å². The molecule has 2 fully saturated rings. The Balaban J connectivity index is 1.79. The number of aliphatic hydroxyl groups excluding tert-OH is 1. The van der Waals surface area contributed by atoms with Crippen LogP contribution in [0.5, 0.6) is 5.75 Å². The molecule has 0 aromatic heterocycles. The van der Waals surface area contributed by atoms with E-state index in [-0.39, 0.29) is 30.3 Å². The number of fused-ring (bicyclic) bond motifs is 1. The van der Waals surface area contributed by atoms with Crippen LogP contribution in [-0.2, 0) is 9.47 Å². The first-order valence-electron chi connectivity index (χ1n) is 8.86. The van der Waals surface area contributed by atoms with Crippen LogP contribution >= 0.6 is 0 Å². The largest absolute Gasteiger partial charge is 0.497 e. The molecule has 0 unspecified atom stereocenters. The third-order valence-electron chi connectivity index (χ3n) is 5.56. The number of hydrogen-bond donors (Lipinski definition) is 1. The first kappa shape index (κ1) is 18.2. The zero-order chi connectivity index (χ0) is 17.9. The van der Waals surface area contributed by atoms with Crippen molar-refractivity contribution in [2.45, 2.75) is 43.4 Å². The predicted molar refractivity (Wildman–Crippen MR) is 92.9 cm³/mol. The Morgan fingerprint density at radius 1 is 1.36 bits per heavy atom. The molecule has 0 radical (unpaired) electrons. The molecule has 3 atom stereocenters. The molecule has 1 aliphatic carbocycles. The van der Waals surface area contributed by atoms with Crippen LogP contribution in [0.1, 0.15) is 36.0 Å². The van der Waals surface area contributed by atoms with Gasteiger partial charge in [-0.25, -0.2) is 0 Å². The average molecular weight is 349 g/mol. The minimum absolute atomic E-state index is 0.00522. The normalized spacial score (nSPS) is 28.7. The lowest BCUT2D eigenvalue weighted by Crippen LogP contribution is -2.53. The number of carbonyl (C=O) groups is 1. The monoisotopic (exact) mass is 349 g/mol. The second-order valence-electron chi connectivity index (χ2n) is 6.76. The Labute approximate surface area is 148 Å². The molecule has 1 saturated heterocycles. The van der Waals surface area contributed by atoms with Gasteiger partial charge in [0.1, 0.15) is 5.75 Å². The number of likely N-dealkylation sites (tertiary alicyclic amines) is 1. The number of benzene rings is 1. The lowest BCUT2D eigenvalue weighted by molar-refractivity contribution is -0.0992. The van der Waals surface area contributed by atoms with Crippen molar-refractivity contribution >= 4 is 5.91 Å². The summed E-state index contributed by atoms with van der Waals surface area (Å²) < 4.78 is 16.9. The lowest BCUT2D eigenvalue weighted by Gasteiger charge is -2.43. The number of aliphatic hydroxyl groups is 1. The van der Waals surface area contributed by atoms with Gasteiger partial charge in [0.15, 0.2) is 0 Å². The quantitative estimate of drug-likeness (QED) is 0.849. The van der Waals surface area contributed by atoms with Gasteiger partial charge in [-0.05, 0) is 43.9 Å². The Morgan fingerprint density at radius 2 is 2.20 bits per heavy atom. The summed E-state index contributed by atoms with van der Waals surface area (Å²) in [4.78, 5) is 15.0. The standard InChI is InChI=1S/C19H27NO5/c1-23-15-5-3-4-14(12-15)18(22)20-9-8-19(24-2)7-6-16(13-17(19)20)25-11-10-21/h3-5,12,16-17,21H,6-11,13H2,1-2H3/t16-,17-,19+/m0/s1. The van der Waals surface area contributed by atoms with Crippen molar-refractivity contribution < 1.29 is 24.1 Å². The fraction of sp³-hybridized carbons (Fsp3) is 0.632. The first-order chi connectivity index (χ1) is 12.1. The zero-order valence-electron chi connectivity index (χ0n) is 14.9. The number of amides is 1. The van der Waals surface area contributed by atoms with Crippen molar-refractivity contribution in [2.24, 2.45) is 0 Å². The molecule has 1 amide bonds. The molecule has 25 heavy (non-hydrogen) atoms. The summed E-state index contributed by atoms with van der Waals surface area (Å²) >= 11 is 0. The molecule has 3 rings (SSSR count). The molecule has 1 aromatic carbocycles. The molecule has 6 nitrogen and oxygen atoms in total. The highest BCUT2D eigenvalue weighted by Crippen LogP contribution is 2.43. The Bertz CT molecular complexity index is 607. The fourth-order valence-corrected chi connectivity index (χ4v) is 4.20. The third-order valence-corrected chi connectivity index (χ3v) is 5.56. The van der Waals surface area contributed by atoms with Gasteiger partial charge in [-0.3, -0.25) is 4.79 Å². The van der Waals surface area contributed by atoms with E-state index < -0.39 is 0 Å². The second kappa shape index (κ2) is 7.72. The van der Waals surface area contributed by atoms with Gasteiger partial charge < -0.3 is 24.2 Å². The maximum absolute atomic E-state index is 13.1. The summed E-state index contributed by atoms with van der Waals surface area (Å²) in [7, 11) is 3.33. The zero-order valence-corrected chi connectivity index (χ0v) is 14.9. The molecule has 1 heterocycles. The summed E-state index contributed by atoms with van der Waals surface area (Å²) in [5.41, 5.74) is 0.345. The molecule has 2 aliphatic rings. The molecule has 0 spiro atoms. The maximum Gasteiger partial charge on any atom is 0.254 e. The van der Waals surface area contributed by atoms with E-state index in [4.69, 9.17) is 19.3 Å². The van der Waals surface area contributed by atoms with Crippen LogP contribution < -0.4 is 4.74 Å². The number of nitrogens with zero attached hydrogens (tertiary/aromatic N) is 1. The smallest absolute Gasteiger partial charge is 0.254 e. The fourth-order valence-electron chi connectivity index (χ4n) is 4.20. The van der Waals surface area contributed by atoms with E-state index in [0.29, 0.717) is 24.5 Å². The van der Waals surface area contributed by atoms with Crippen LogP contribution in [0.4, 0.5) is 0 Å². The first-order valence-corrected chi connectivity index (χ1v) is 8.86. The number of hydrogen-bond acceptors (Lipinski definition) is 5. The molecule has 1 saturated carbocycles. The Hall–Kier alpha value is -1.63. The van der Waals surface area contributed by atoms with Crippen LogP contribution in [0.3, 0.4) is 0 Å². The third kappa shape index (κ3) is 3.52. The van der Waals surface area contributed by atoms with E-state index >= 15 is 0 Å². The summed E-state index contributed by atoms with van der Waals surface area (Å²) in [6.07, 6.45) is 3.40. The van der Waals surface area contributed by atoms with E-state index in [9.17, 15) is 4.79 Å². The van der Waals surface area contributed by atoms with Crippen molar-refractivity contribution in [3.8, 4) is 5.75 Å². The summed E-state index contributed by atoms with van der Waals surface area (Å²) in [6.45, 7) is 1.03. The van der Waals surface area contributed by atoms with Crippen molar-refractivity contribution in [2.75, 3.05) is 34.0 Å². The van der Waals surface area contributed by atoms with Crippen molar-refractivity contribution in [3.63, 3.8) is 0 Å². The van der Waals surface area contributed by atoms with Gasteiger partial charge in [-0.2, -0.15) is 0 Å². The lowest BCUT2D eigenvalue weighted by atomic mass is 9.79. The average Bonchev–Trinajstić information content (AvgIpc) is 3.05. The van der Waals surface area contributed by atoms with Gasteiger partial charge in [0.05, 0.1) is 38.1 Å². The molecule has 1 aliphatic heterocycles. The van der Waals surface area contributed by atoms with Crippen LogP contribution in [0, 0.1) is 0 Å². The second-order valence-corrected chi connectivity index (χ2v) is 6.76. The number of methoxy groups -OCH3 is 2. The number of carbonyl (C=O) groups excluding carboxylic acids is 1. The van der Waals surface area contributed by atoms with Crippen molar-refractivity contribution in [3.05, 3.63) is 29.8 Å². The van der Waals surface area contributed by atoms with Crippen LogP contribution in [0.2, 0.25) is 0 Å². The van der Waals surface area contributed by atoms with Gasteiger partial charge in [0.2, 0.25) is 0 Å². The van der Waals surface area contributed by atoms with Gasteiger partial charge in [-0.15, -0.1) is 0 Å². The van der Waals surface area contributed by atoms with E-state index in [2.05, 4.69) is 0 Å². The highest BCUT2D eigenvalue weighted by Gasteiger charge is 2.52. The summed E-state index contributed by atoms with van der Waals surface area (Å²) in [5, 5.41) is 8.99. The van der Waals surface area contributed by atoms with Gasteiger partial charge in [0.25, 0.3) is 5.91 Å². The van der Waals surface area contributed by atoms with Crippen molar-refractivity contribution in [1.82, 2.24) is 4.90 Å². The minimum Gasteiger partial charge on any atom is -0.497 e. The predicted octanol–water partition coefficient (Wildman–Crippen LogP) is 1.86. The van der Waals surface area contributed by atoms with Gasteiger partial charge in [-0.1, -0.05) is 6.07 Å². The molecule has 6 heteroatoms. The number of ether oxygens (including phenoxy) is 3. The van der Waals surface area contributed by atoms with E-state index in [1.807, 2.05) is 23.1 Å². The van der Waals surface area contributed by atoms with Crippen LogP contribution in [0.15, 0.2) is 24.3 Å². The van der Waals surface area contributed by atoms with E-state index in [0.717, 1.165) is 25.7 Å². The van der Waals surface area contributed by atoms with Crippen LogP contribution in [0.25, 0.3) is 0 Å². The summed E-state index contributed by atoms with van der Waals surface area (Å²) in [6, 6.07) is 7.26. The molecule has 138 valence electrons. The molecule has 0 bridgehead atoms. The highest BCUT2D eigenvalue weighted by molar-refractivity contribution is 5.95. The molecular formula is C19H27NO5. The highest BCUT2D eigenvalue weighted by atomic mass is 16.5. The van der Waals surface area contributed by atoms with Crippen LogP contribution in [-0.4, -0.2) is 67.6 Å².